The van der Waals surface area contributed by atoms with Gasteiger partial charge in [-0.1, -0.05) is 6.08 Å². The van der Waals surface area contributed by atoms with Crippen LogP contribution in [0.2, 0.25) is 0 Å². The predicted octanol–water partition coefficient (Wildman–Crippen LogP) is 0.728. The lowest BCUT2D eigenvalue weighted by Crippen LogP contribution is -2.06. The highest BCUT2D eigenvalue weighted by Gasteiger charge is 1.99. The van der Waals surface area contributed by atoms with Crippen LogP contribution in [0.15, 0.2) is 12.3 Å². The molecule has 7 heavy (non-hydrogen) atoms. The highest BCUT2D eigenvalue weighted by atomic mass is 32.2. The summed E-state index contributed by atoms with van der Waals surface area (Å²) >= 11 is 1.28. The van der Waals surface area contributed by atoms with Gasteiger partial charge in [-0.3, -0.25) is 5.14 Å². The minimum atomic E-state index is 1.07. The predicted molar refractivity (Wildman–Crippen MR) is 32.2 cm³/mol. The molecule has 1 aliphatic rings. The Labute approximate surface area is 47.6 Å². The number of hydrogen-bond donors (Lipinski definition) is 1. The van der Waals surface area contributed by atoms with Crippen molar-refractivity contribution in [2.45, 2.75) is 6.42 Å². The standard InChI is InChI=1S/C4H8N2S/c5-7-6-3-1-2-4-6/h1,3H,2,4-5H2. The zero-order valence-corrected chi connectivity index (χ0v) is 4.82. The Kier molecular flexibility index (Phi) is 1.59. The summed E-state index contributed by atoms with van der Waals surface area (Å²) < 4.78 is 2.00. The molecule has 1 heterocycles. The summed E-state index contributed by atoms with van der Waals surface area (Å²) in [5, 5.41) is 5.23. The van der Waals surface area contributed by atoms with E-state index in [2.05, 4.69) is 6.08 Å². The van der Waals surface area contributed by atoms with Crippen molar-refractivity contribution >= 4 is 12.1 Å². The van der Waals surface area contributed by atoms with E-state index < -0.39 is 0 Å². The first kappa shape index (κ1) is 5.00. The van der Waals surface area contributed by atoms with Crippen molar-refractivity contribution < 1.29 is 0 Å². The second kappa shape index (κ2) is 2.23. The lowest BCUT2D eigenvalue weighted by atomic mass is 10.5. The average Bonchev–Trinajstić information content (AvgIpc) is 2.14. The van der Waals surface area contributed by atoms with Crippen molar-refractivity contribution in [1.29, 1.82) is 0 Å². The molecule has 3 heteroatoms. The van der Waals surface area contributed by atoms with Crippen LogP contribution in [0, 0.1) is 0 Å². The summed E-state index contributed by atoms with van der Waals surface area (Å²) in [5.41, 5.74) is 0. The van der Waals surface area contributed by atoms with Crippen LogP contribution >= 0.6 is 12.1 Å². The van der Waals surface area contributed by atoms with Gasteiger partial charge in [0, 0.05) is 24.9 Å². The van der Waals surface area contributed by atoms with Gasteiger partial charge in [-0.2, -0.15) is 0 Å². The molecular weight excluding hydrogens is 108 g/mol. The fourth-order valence-electron chi connectivity index (χ4n) is 0.556. The van der Waals surface area contributed by atoms with E-state index in [1.165, 1.54) is 12.1 Å². The summed E-state index contributed by atoms with van der Waals surface area (Å²) in [6.45, 7) is 1.07. The maximum absolute atomic E-state index is 5.23. The normalized spacial score (nSPS) is 18.7. The van der Waals surface area contributed by atoms with Crippen LogP contribution < -0.4 is 5.14 Å². The molecule has 0 bridgehead atoms. The van der Waals surface area contributed by atoms with Crippen LogP contribution in [0.5, 0.6) is 0 Å². The molecule has 0 atom stereocenters. The second-order valence-electron chi connectivity index (χ2n) is 1.42. The number of hydrogen-bond acceptors (Lipinski definition) is 3. The lowest BCUT2D eigenvalue weighted by molar-refractivity contribution is 0.672. The molecule has 0 aromatic rings. The van der Waals surface area contributed by atoms with E-state index in [-0.39, 0.29) is 0 Å². The zero-order chi connectivity index (χ0) is 5.11. The topological polar surface area (TPSA) is 29.3 Å². The summed E-state index contributed by atoms with van der Waals surface area (Å²) in [6.07, 6.45) is 5.26. The number of nitrogens with zero attached hydrogens (tertiary/aromatic N) is 1. The number of rotatable bonds is 1. The Bertz CT molecular complexity index is 81.8. The third-order valence-electron chi connectivity index (χ3n) is 0.923. The van der Waals surface area contributed by atoms with E-state index in [1.807, 2.05) is 10.5 Å². The van der Waals surface area contributed by atoms with Gasteiger partial charge in [-0.25, -0.2) is 0 Å². The minimum absolute atomic E-state index is 1.07. The van der Waals surface area contributed by atoms with Gasteiger partial charge in [-0.05, 0) is 6.42 Å². The Hall–Kier alpha value is -0.150. The molecule has 0 aromatic carbocycles. The van der Waals surface area contributed by atoms with Crippen LogP contribution in [0.4, 0.5) is 0 Å². The van der Waals surface area contributed by atoms with E-state index in [1.54, 1.807) is 0 Å². The molecule has 0 radical (unpaired) electrons. The maximum atomic E-state index is 5.23. The van der Waals surface area contributed by atoms with Crippen molar-refractivity contribution in [3.63, 3.8) is 0 Å². The van der Waals surface area contributed by atoms with E-state index in [4.69, 9.17) is 5.14 Å². The molecule has 1 rings (SSSR count). The molecule has 0 aromatic heterocycles. The SMILES string of the molecule is NSN1C=CCC1. The molecule has 2 N–H and O–H groups in total. The molecule has 0 unspecified atom stereocenters. The van der Waals surface area contributed by atoms with Crippen LogP contribution in [0.3, 0.4) is 0 Å². The maximum Gasteiger partial charge on any atom is 0.0336 e. The fourth-order valence-corrected chi connectivity index (χ4v) is 0.923. The van der Waals surface area contributed by atoms with Crippen molar-refractivity contribution in [1.82, 2.24) is 4.31 Å². The molecule has 0 amide bonds. The molecule has 2 nitrogen and oxygen atoms in total. The quantitative estimate of drug-likeness (QED) is 0.512. The smallest absolute Gasteiger partial charge is 0.0336 e. The van der Waals surface area contributed by atoms with E-state index in [0.29, 0.717) is 0 Å². The van der Waals surface area contributed by atoms with Crippen molar-refractivity contribution in [3.8, 4) is 0 Å². The van der Waals surface area contributed by atoms with Gasteiger partial charge in [0.1, 0.15) is 0 Å². The second-order valence-corrected chi connectivity index (χ2v) is 2.10. The summed E-state index contributed by atoms with van der Waals surface area (Å²) in [6, 6.07) is 0. The lowest BCUT2D eigenvalue weighted by Gasteiger charge is -2.06. The number of nitrogens with two attached hydrogens (primary N) is 1. The highest BCUT2D eigenvalue weighted by Crippen LogP contribution is 2.09. The van der Waals surface area contributed by atoms with Crippen LogP contribution in [0.1, 0.15) is 6.42 Å². The Morgan fingerprint density at radius 3 is 2.86 bits per heavy atom. The van der Waals surface area contributed by atoms with E-state index in [9.17, 15) is 0 Å². The molecule has 1 aliphatic heterocycles. The molecule has 40 valence electrons. The third-order valence-corrected chi connectivity index (χ3v) is 1.50. The largest absolute Gasteiger partial charge is 0.311 e. The Morgan fingerprint density at radius 2 is 2.57 bits per heavy atom. The Morgan fingerprint density at radius 1 is 1.71 bits per heavy atom. The minimum Gasteiger partial charge on any atom is -0.311 e. The van der Waals surface area contributed by atoms with Crippen molar-refractivity contribution in [2.24, 2.45) is 5.14 Å². The first-order valence-corrected chi connectivity index (χ1v) is 3.07. The van der Waals surface area contributed by atoms with Crippen LogP contribution in [0.25, 0.3) is 0 Å². The van der Waals surface area contributed by atoms with Gasteiger partial charge in [0.25, 0.3) is 0 Å². The first-order chi connectivity index (χ1) is 3.43. The molecule has 0 aliphatic carbocycles. The highest BCUT2D eigenvalue weighted by molar-refractivity contribution is 7.94. The average molecular weight is 116 g/mol. The van der Waals surface area contributed by atoms with Gasteiger partial charge in [0.05, 0.1) is 0 Å². The molecule has 0 fully saturated rings. The first-order valence-electron chi connectivity index (χ1n) is 2.23. The van der Waals surface area contributed by atoms with Crippen LogP contribution in [-0.2, 0) is 0 Å². The van der Waals surface area contributed by atoms with Gasteiger partial charge in [-0.15, -0.1) is 0 Å². The third kappa shape index (κ3) is 1.11. The summed E-state index contributed by atoms with van der Waals surface area (Å²) in [5.74, 6) is 0. The molecule has 0 saturated heterocycles. The monoisotopic (exact) mass is 116 g/mol. The van der Waals surface area contributed by atoms with Crippen molar-refractivity contribution in [2.75, 3.05) is 6.54 Å². The molecule has 0 saturated carbocycles. The van der Waals surface area contributed by atoms with Gasteiger partial charge in [0.2, 0.25) is 0 Å². The van der Waals surface area contributed by atoms with E-state index >= 15 is 0 Å². The zero-order valence-electron chi connectivity index (χ0n) is 4.00. The molecule has 0 spiro atoms. The Balaban J connectivity index is 2.28. The fraction of sp³-hybridized carbons (Fsp3) is 0.500. The van der Waals surface area contributed by atoms with Gasteiger partial charge < -0.3 is 4.31 Å². The summed E-state index contributed by atoms with van der Waals surface area (Å²) in [4.78, 5) is 0. The van der Waals surface area contributed by atoms with Gasteiger partial charge >= 0.3 is 0 Å². The van der Waals surface area contributed by atoms with E-state index in [0.717, 1.165) is 13.0 Å². The summed E-state index contributed by atoms with van der Waals surface area (Å²) in [7, 11) is 0. The van der Waals surface area contributed by atoms with Gasteiger partial charge in [0.15, 0.2) is 0 Å². The molecular formula is C4H8N2S. The van der Waals surface area contributed by atoms with Crippen LogP contribution in [-0.4, -0.2) is 10.8 Å². The van der Waals surface area contributed by atoms with Crippen molar-refractivity contribution in [3.05, 3.63) is 12.3 Å².